The molecule has 2 rings (SSSR count). The highest BCUT2D eigenvalue weighted by atomic mass is 16.2. The van der Waals surface area contributed by atoms with Crippen LogP contribution in [-0.4, -0.2) is 17.9 Å². The first kappa shape index (κ1) is 17.7. The number of amides is 2. The number of aryl methyl sites for hydroxylation is 1. The second-order valence-corrected chi connectivity index (χ2v) is 6.09. The fourth-order valence-corrected chi connectivity index (χ4v) is 2.68. The van der Waals surface area contributed by atoms with Crippen LogP contribution in [-0.2, 0) is 4.79 Å². The molecule has 0 aliphatic heterocycles. The van der Waals surface area contributed by atoms with Crippen LogP contribution in [0.3, 0.4) is 0 Å². The van der Waals surface area contributed by atoms with Gasteiger partial charge in [-0.15, -0.1) is 0 Å². The van der Waals surface area contributed by atoms with Crippen molar-refractivity contribution in [3.63, 3.8) is 0 Å². The number of benzene rings is 2. The number of nitrogens with one attached hydrogen (secondary N) is 2. The van der Waals surface area contributed by atoms with Gasteiger partial charge in [0, 0.05) is 18.0 Å². The number of carbonyl (C=O) groups excluding carboxylic acids is 2. The molecule has 0 radical (unpaired) electrons. The van der Waals surface area contributed by atoms with Gasteiger partial charge in [0.05, 0.1) is 6.04 Å². The van der Waals surface area contributed by atoms with Crippen molar-refractivity contribution in [3.8, 4) is 0 Å². The number of rotatable bonds is 6. The molecule has 24 heavy (non-hydrogen) atoms. The molecule has 2 atom stereocenters. The quantitative estimate of drug-likeness (QED) is 0.856. The van der Waals surface area contributed by atoms with Crippen molar-refractivity contribution >= 4 is 11.8 Å². The lowest BCUT2D eigenvalue weighted by Crippen LogP contribution is -2.38. The van der Waals surface area contributed by atoms with E-state index in [1.807, 2.05) is 63.2 Å². The van der Waals surface area contributed by atoms with E-state index in [2.05, 4.69) is 10.6 Å². The van der Waals surface area contributed by atoms with Crippen LogP contribution in [0.2, 0.25) is 0 Å². The Kier molecular flexibility index (Phi) is 6.13. The van der Waals surface area contributed by atoms with Gasteiger partial charge in [-0.3, -0.25) is 9.59 Å². The monoisotopic (exact) mass is 324 g/mol. The molecule has 0 spiro atoms. The van der Waals surface area contributed by atoms with Gasteiger partial charge < -0.3 is 10.6 Å². The summed E-state index contributed by atoms with van der Waals surface area (Å²) in [6.45, 7) is 5.83. The fourth-order valence-electron chi connectivity index (χ4n) is 2.68. The zero-order valence-electron chi connectivity index (χ0n) is 14.4. The third-order valence-electron chi connectivity index (χ3n) is 3.94. The Morgan fingerprint density at radius 3 is 2.21 bits per heavy atom. The molecule has 2 unspecified atom stereocenters. The molecule has 0 saturated carbocycles. The zero-order chi connectivity index (χ0) is 17.5. The van der Waals surface area contributed by atoms with Crippen molar-refractivity contribution in [2.75, 3.05) is 0 Å². The highest BCUT2D eigenvalue weighted by Crippen LogP contribution is 2.16. The summed E-state index contributed by atoms with van der Waals surface area (Å²) in [6, 6.07) is 16.7. The lowest BCUT2D eigenvalue weighted by molar-refractivity contribution is -0.122. The molecule has 0 aliphatic rings. The molecule has 2 amide bonds. The van der Waals surface area contributed by atoms with E-state index in [1.165, 1.54) is 0 Å². The van der Waals surface area contributed by atoms with Crippen molar-refractivity contribution < 1.29 is 9.59 Å². The van der Waals surface area contributed by atoms with E-state index in [4.69, 9.17) is 0 Å². The van der Waals surface area contributed by atoms with E-state index >= 15 is 0 Å². The van der Waals surface area contributed by atoms with E-state index in [9.17, 15) is 9.59 Å². The summed E-state index contributed by atoms with van der Waals surface area (Å²) in [5.41, 5.74) is 2.85. The summed E-state index contributed by atoms with van der Waals surface area (Å²) < 4.78 is 0. The van der Waals surface area contributed by atoms with Gasteiger partial charge in [0.2, 0.25) is 5.91 Å². The minimum absolute atomic E-state index is 0.0595. The summed E-state index contributed by atoms with van der Waals surface area (Å²) in [7, 11) is 0. The Labute approximate surface area is 143 Å². The Bertz CT molecular complexity index is 698. The van der Waals surface area contributed by atoms with Crippen LogP contribution in [0.15, 0.2) is 54.6 Å². The highest BCUT2D eigenvalue weighted by molar-refractivity contribution is 5.94. The third-order valence-corrected chi connectivity index (χ3v) is 3.94. The molecular weight excluding hydrogens is 300 g/mol. The summed E-state index contributed by atoms with van der Waals surface area (Å²) in [4.78, 5) is 24.3. The second kappa shape index (κ2) is 8.29. The molecule has 0 aromatic heterocycles. The third kappa shape index (κ3) is 4.95. The van der Waals surface area contributed by atoms with Crippen LogP contribution in [0.4, 0.5) is 0 Å². The second-order valence-electron chi connectivity index (χ2n) is 6.09. The standard InChI is InChI=1S/C20H24N2O2/c1-14-9-7-8-12-18(14)16(3)22-19(23)13-15(2)21-20(24)17-10-5-4-6-11-17/h4-12,15-16H,13H2,1-3H3,(H,21,24)(H,22,23). The van der Waals surface area contributed by atoms with E-state index in [0.29, 0.717) is 5.56 Å². The lowest BCUT2D eigenvalue weighted by Gasteiger charge is -2.19. The Morgan fingerprint density at radius 1 is 0.917 bits per heavy atom. The SMILES string of the molecule is Cc1ccccc1C(C)NC(=O)CC(C)NC(=O)c1ccccc1. The molecule has 4 nitrogen and oxygen atoms in total. The van der Waals surface area contributed by atoms with Crippen LogP contribution < -0.4 is 10.6 Å². The normalized spacial score (nSPS) is 13.0. The van der Waals surface area contributed by atoms with Gasteiger partial charge in [-0.25, -0.2) is 0 Å². The van der Waals surface area contributed by atoms with Crippen LogP contribution in [0.1, 0.15) is 47.8 Å². The lowest BCUT2D eigenvalue weighted by atomic mass is 10.0. The summed E-state index contributed by atoms with van der Waals surface area (Å²) in [5, 5.41) is 5.84. The average Bonchev–Trinajstić information content (AvgIpc) is 2.55. The largest absolute Gasteiger partial charge is 0.350 e. The summed E-state index contributed by atoms with van der Waals surface area (Å²) >= 11 is 0. The Morgan fingerprint density at radius 2 is 1.54 bits per heavy atom. The van der Waals surface area contributed by atoms with Gasteiger partial charge in [0.15, 0.2) is 0 Å². The summed E-state index contributed by atoms with van der Waals surface area (Å²) in [5.74, 6) is -0.241. The van der Waals surface area contributed by atoms with Gasteiger partial charge in [-0.1, -0.05) is 42.5 Å². The van der Waals surface area contributed by atoms with Gasteiger partial charge in [-0.2, -0.15) is 0 Å². The van der Waals surface area contributed by atoms with Crippen molar-refractivity contribution in [1.29, 1.82) is 0 Å². The summed E-state index contributed by atoms with van der Waals surface area (Å²) in [6.07, 6.45) is 0.245. The van der Waals surface area contributed by atoms with Gasteiger partial charge in [-0.05, 0) is 44.0 Å². The molecule has 2 aromatic rings. The van der Waals surface area contributed by atoms with Crippen molar-refractivity contribution in [2.45, 2.75) is 39.3 Å². The number of carbonyl (C=O) groups is 2. The molecule has 0 fully saturated rings. The predicted molar refractivity (Wildman–Crippen MR) is 95.7 cm³/mol. The van der Waals surface area contributed by atoms with Crippen LogP contribution in [0.25, 0.3) is 0 Å². The average molecular weight is 324 g/mol. The minimum Gasteiger partial charge on any atom is -0.350 e. The fraction of sp³-hybridized carbons (Fsp3) is 0.300. The first-order valence-corrected chi connectivity index (χ1v) is 8.18. The molecule has 2 aromatic carbocycles. The van der Waals surface area contributed by atoms with E-state index < -0.39 is 0 Å². The molecular formula is C20H24N2O2. The molecule has 0 bridgehead atoms. The van der Waals surface area contributed by atoms with Crippen LogP contribution >= 0.6 is 0 Å². The topological polar surface area (TPSA) is 58.2 Å². The van der Waals surface area contributed by atoms with E-state index in [0.717, 1.165) is 11.1 Å². The van der Waals surface area contributed by atoms with Crippen LogP contribution in [0, 0.1) is 6.92 Å². The first-order chi connectivity index (χ1) is 11.5. The van der Waals surface area contributed by atoms with Crippen molar-refractivity contribution in [1.82, 2.24) is 10.6 Å². The van der Waals surface area contributed by atoms with Gasteiger partial charge in [0.1, 0.15) is 0 Å². The molecule has 126 valence electrons. The molecule has 4 heteroatoms. The smallest absolute Gasteiger partial charge is 0.251 e. The van der Waals surface area contributed by atoms with Gasteiger partial charge in [0.25, 0.3) is 5.91 Å². The zero-order valence-corrected chi connectivity index (χ0v) is 14.4. The highest BCUT2D eigenvalue weighted by Gasteiger charge is 2.16. The maximum Gasteiger partial charge on any atom is 0.251 e. The maximum absolute atomic E-state index is 12.2. The number of hydrogen-bond donors (Lipinski definition) is 2. The minimum atomic E-state index is -0.234. The van der Waals surface area contributed by atoms with Gasteiger partial charge >= 0.3 is 0 Å². The van der Waals surface area contributed by atoms with E-state index in [1.54, 1.807) is 12.1 Å². The van der Waals surface area contributed by atoms with Crippen molar-refractivity contribution in [2.24, 2.45) is 0 Å². The Hall–Kier alpha value is -2.62. The first-order valence-electron chi connectivity index (χ1n) is 8.18. The Balaban J connectivity index is 1.85. The molecule has 0 aliphatic carbocycles. The number of hydrogen-bond acceptors (Lipinski definition) is 2. The molecule has 2 N–H and O–H groups in total. The van der Waals surface area contributed by atoms with Crippen molar-refractivity contribution in [3.05, 3.63) is 71.3 Å². The molecule has 0 saturated heterocycles. The predicted octanol–water partition coefficient (Wildman–Crippen LogP) is 3.38. The molecule has 0 heterocycles. The van der Waals surface area contributed by atoms with E-state index in [-0.39, 0.29) is 30.3 Å². The van der Waals surface area contributed by atoms with Crippen LogP contribution in [0.5, 0.6) is 0 Å². The maximum atomic E-state index is 12.2.